The Bertz CT molecular complexity index is 1580. The Hall–Kier alpha value is -2.55. The number of fused-ring (bicyclic) bond motifs is 4. The minimum absolute atomic E-state index is 0. The molecule has 0 unspecified atom stereocenters. The predicted octanol–water partition coefficient (Wildman–Crippen LogP) is 4.84. The van der Waals surface area contributed by atoms with E-state index in [4.69, 9.17) is 18.5 Å². The second-order valence-electron chi connectivity index (χ2n) is 8.65. The molecule has 10 heteroatoms. The van der Waals surface area contributed by atoms with Gasteiger partial charge in [0.2, 0.25) is 0 Å². The molecule has 0 aromatic heterocycles. The zero-order chi connectivity index (χ0) is 27.0. The molecule has 40 heavy (non-hydrogen) atoms. The normalized spacial score (nSPS) is 13.4. The van der Waals surface area contributed by atoms with E-state index in [2.05, 4.69) is 0 Å². The van der Waals surface area contributed by atoms with Gasteiger partial charge in [-0.1, -0.05) is 59.9 Å². The van der Waals surface area contributed by atoms with Crippen LogP contribution >= 0.6 is 31.3 Å². The molecule has 0 fully saturated rings. The van der Waals surface area contributed by atoms with Crippen LogP contribution in [0.4, 0.5) is 0 Å². The zero-order valence-corrected chi connectivity index (χ0v) is 26.5. The molecule has 0 spiro atoms. The van der Waals surface area contributed by atoms with Crippen molar-refractivity contribution in [2.24, 2.45) is 0 Å². The van der Waals surface area contributed by atoms with Gasteiger partial charge >= 0.3 is 37.4 Å². The fourth-order valence-corrected chi connectivity index (χ4v) is 7.29. The van der Waals surface area contributed by atoms with Crippen LogP contribution in [0.25, 0.3) is 23.7 Å². The van der Waals surface area contributed by atoms with Gasteiger partial charge in [-0.3, -0.25) is 0 Å². The molecule has 196 valence electrons. The maximum atomic E-state index is 13.5. The molecular formula is C30H22NaO6PS2. The summed E-state index contributed by atoms with van der Waals surface area (Å²) in [5.41, 5.74) is 2.92. The van der Waals surface area contributed by atoms with E-state index in [1.54, 1.807) is 50.6 Å². The molecule has 0 N–H and O–H groups in total. The zero-order valence-electron chi connectivity index (χ0n) is 22.0. The first-order valence-electron chi connectivity index (χ1n) is 12.0. The van der Waals surface area contributed by atoms with Gasteiger partial charge < -0.3 is 23.4 Å². The minimum Gasteiger partial charge on any atom is -0.736 e. The van der Waals surface area contributed by atoms with Gasteiger partial charge in [0.15, 0.2) is 0 Å². The Morgan fingerprint density at radius 1 is 0.625 bits per heavy atom. The number of benzene rings is 4. The number of ether oxygens (including phenoxy) is 2. The summed E-state index contributed by atoms with van der Waals surface area (Å²) in [5, 5.41) is 0. The molecule has 0 saturated carbocycles. The summed E-state index contributed by atoms with van der Waals surface area (Å²) >= 11 is 3.03. The molecule has 0 radical (unpaired) electrons. The van der Waals surface area contributed by atoms with Crippen LogP contribution in [0.2, 0.25) is 0 Å². The summed E-state index contributed by atoms with van der Waals surface area (Å²) < 4.78 is 35.8. The summed E-state index contributed by atoms with van der Waals surface area (Å²) in [6.07, 6.45) is 3.44. The number of phosphoric ester groups is 1. The fraction of sp³-hybridized carbons (Fsp3) is 0.0667. The monoisotopic (exact) mass is 596 g/mol. The summed E-state index contributed by atoms with van der Waals surface area (Å²) in [6, 6.07) is 26.3. The molecule has 4 aromatic rings. The van der Waals surface area contributed by atoms with Gasteiger partial charge in [0.1, 0.15) is 23.0 Å². The average Bonchev–Trinajstić information content (AvgIpc) is 3.18. The largest absolute Gasteiger partial charge is 1.00 e. The fourth-order valence-electron chi connectivity index (χ4n) is 4.31. The van der Waals surface area contributed by atoms with Crippen LogP contribution in [0.15, 0.2) is 105 Å². The Labute approximate surface area is 263 Å². The number of hydrogen-bond acceptors (Lipinski definition) is 8. The second kappa shape index (κ2) is 12.1. The molecule has 2 heterocycles. The van der Waals surface area contributed by atoms with Crippen molar-refractivity contribution >= 4 is 55.0 Å². The van der Waals surface area contributed by atoms with Crippen LogP contribution in [-0.2, 0) is 13.6 Å². The Kier molecular flexibility index (Phi) is 8.78. The third-order valence-electron chi connectivity index (χ3n) is 6.18. The molecule has 0 saturated heterocycles. The van der Waals surface area contributed by atoms with Crippen molar-refractivity contribution in [3.05, 3.63) is 107 Å². The standard InChI is InChI=1S/C30H23O6PS2.Na/c1-33-21-11-13-23-25(15-19-7-3-5-9-27(19)38-29(23)17-21)35-37(31,32)36-26-16-20-8-4-6-10-28(20)39-30-18-22(34-2)12-14-24(26)30;/h3-18H,1-2H3,(H,31,32);/q;+1/p-1. The van der Waals surface area contributed by atoms with E-state index in [0.29, 0.717) is 22.6 Å². The van der Waals surface area contributed by atoms with Crippen molar-refractivity contribution in [3.8, 4) is 11.5 Å². The van der Waals surface area contributed by atoms with E-state index in [1.807, 2.05) is 60.7 Å². The number of rotatable bonds is 6. The Balaban J connectivity index is 0.00000323. The molecule has 0 aliphatic carbocycles. The SMILES string of the molecule is COc1ccc2c(c1)Sc1ccccc1C=C2OP(=O)([O-])OC1=Cc2ccccc2Sc2cc(OC)ccc21.[Na+]. The van der Waals surface area contributed by atoms with Gasteiger partial charge in [0.25, 0.3) is 0 Å². The van der Waals surface area contributed by atoms with Crippen LogP contribution in [0.1, 0.15) is 22.3 Å². The first-order chi connectivity index (χ1) is 18.9. The van der Waals surface area contributed by atoms with E-state index in [1.165, 1.54) is 23.5 Å². The van der Waals surface area contributed by atoms with Crippen LogP contribution in [-0.4, -0.2) is 14.2 Å². The predicted molar refractivity (Wildman–Crippen MR) is 153 cm³/mol. The quantitative estimate of drug-likeness (QED) is 0.231. The van der Waals surface area contributed by atoms with Crippen molar-refractivity contribution < 1.29 is 57.5 Å². The Morgan fingerprint density at radius 3 is 1.48 bits per heavy atom. The van der Waals surface area contributed by atoms with Crippen molar-refractivity contribution in [3.63, 3.8) is 0 Å². The van der Waals surface area contributed by atoms with Crippen LogP contribution in [0.5, 0.6) is 11.5 Å². The molecular weight excluding hydrogens is 574 g/mol. The van der Waals surface area contributed by atoms with E-state index < -0.39 is 7.82 Å². The van der Waals surface area contributed by atoms with Gasteiger partial charge in [-0.05, 0) is 71.8 Å². The maximum absolute atomic E-state index is 13.5. The number of phosphoric acid groups is 1. The van der Waals surface area contributed by atoms with Crippen molar-refractivity contribution in [1.82, 2.24) is 0 Å². The number of hydrogen-bond donors (Lipinski definition) is 0. The van der Waals surface area contributed by atoms with Gasteiger partial charge in [0, 0.05) is 30.7 Å². The molecule has 0 bridgehead atoms. The topological polar surface area (TPSA) is 77.1 Å². The van der Waals surface area contributed by atoms with E-state index in [-0.39, 0.29) is 41.1 Å². The molecule has 2 aliphatic rings. The van der Waals surface area contributed by atoms with Crippen LogP contribution < -0.4 is 43.9 Å². The minimum atomic E-state index is -4.91. The molecule has 2 aliphatic heterocycles. The maximum Gasteiger partial charge on any atom is 1.00 e. The van der Waals surface area contributed by atoms with Crippen LogP contribution in [0.3, 0.4) is 0 Å². The molecule has 0 amide bonds. The first kappa shape index (κ1) is 29.0. The third-order valence-corrected chi connectivity index (χ3v) is 9.32. The van der Waals surface area contributed by atoms with E-state index >= 15 is 0 Å². The van der Waals surface area contributed by atoms with Crippen molar-refractivity contribution in [2.75, 3.05) is 14.2 Å². The molecule has 4 aromatic carbocycles. The van der Waals surface area contributed by atoms with E-state index in [0.717, 1.165) is 30.7 Å². The molecule has 6 nitrogen and oxygen atoms in total. The van der Waals surface area contributed by atoms with Gasteiger partial charge in [-0.2, -0.15) is 0 Å². The molecule has 0 atom stereocenters. The third kappa shape index (κ3) is 6.04. The van der Waals surface area contributed by atoms with Crippen molar-refractivity contribution in [1.29, 1.82) is 0 Å². The molecule has 6 rings (SSSR count). The summed E-state index contributed by atoms with van der Waals surface area (Å²) in [4.78, 5) is 17.1. The smallest absolute Gasteiger partial charge is 0.736 e. The van der Waals surface area contributed by atoms with Crippen LogP contribution in [0, 0.1) is 0 Å². The summed E-state index contributed by atoms with van der Waals surface area (Å²) in [7, 11) is -1.73. The average molecular weight is 597 g/mol. The Morgan fingerprint density at radius 2 is 1.05 bits per heavy atom. The van der Waals surface area contributed by atoms with Gasteiger partial charge in [0.05, 0.1) is 14.2 Å². The van der Waals surface area contributed by atoms with E-state index in [9.17, 15) is 9.46 Å². The summed E-state index contributed by atoms with van der Waals surface area (Å²) in [6.45, 7) is 0. The summed E-state index contributed by atoms with van der Waals surface area (Å²) in [5.74, 6) is 1.66. The number of methoxy groups -OCH3 is 2. The van der Waals surface area contributed by atoms with Gasteiger partial charge in [-0.25, -0.2) is 4.57 Å². The van der Waals surface area contributed by atoms with Gasteiger partial charge in [-0.15, -0.1) is 0 Å². The van der Waals surface area contributed by atoms with Crippen molar-refractivity contribution in [2.45, 2.75) is 19.6 Å². The second-order valence-corrected chi connectivity index (χ2v) is 12.1. The first-order valence-corrected chi connectivity index (χ1v) is 15.1.